The number of hydrogen-bond acceptors (Lipinski definition) is 11. The van der Waals surface area contributed by atoms with Gasteiger partial charge in [-0.1, -0.05) is 41.8 Å². The van der Waals surface area contributed by atoms with Gasteiger partial charge in [-0.15, -0.1) is 0 Å². The molecule has 2 aromatic heterocycles. The van der Waals surface area contributed by atoms with Crippen LogP contribution in [-0.2, 0) is 19.6 Å². The number of aromatic amines is 1. The maximum Gasteiger partial charge on any atom is 0.268 e. The lowest BCUT2D eigenvalue weighted by Crippen LogP contribution is -2.47. The van der Waals surface area contributed by atoms with E-state index in [0.717, 1.165) is 67.7 Å². The highest BCUT2D eigenvalue weighted by atomic mass is 35.5. The standard InChI is InChI=1S/C47H50ClN7O8S/c48-33-4-2-30(3-5-33)40-26-47(12-1-13-47)14-8-32(40)28-52-16-18-53(19-17-52)35-6-7-38(43(23-35)63-36-22-31-9-15-49-44(31)50-27-36)45(56)51-64(60,61)37-24-39-41(42(25-37)55(58)59)29-54(46(39)57)34-10-20-62-21-11-34/h2-7,9,15,22-25,27,34,39,41H,1,8,10-14,16-21,26,28-29H2,(H,49,50)(H,51,56). The SMILES string of the molecule is O=C(NS(=O)(=O)C1=CC2C(=O)N(C3CCOCC3)CC2C([N+](=O)[O-])=C1)c1ccc(N2CCN(CC3=C(c4ccc(Cl)cc4)CC4(CCC4)CC3)CC2)cc1Oc1cnc2[nH]ccc2c1. The molecular formula is C47H50ClN7O8S. The number of aromatic nitrogens is 2. The van der Waals surface area contributed by atoms with E-state index in [4.69, 9.17) is 21.1 Å². The van der Waals surface area contributed by atoms with Gasteiger partial charge in [0.15, 0.2) is 0 Å². The number of rotatable bonds is 11. The lowest BCUT2D eigenvalue weighted by atomic mass is 9.59. The van der Waals surface area contributed by atoms with Gasteiger partial charge in [-0.05, 0) is 97.9 Å². The predicted octanol–water partition coefficient (Wildman–Crippen LogP) is 7.31. The Morgan fingerprint density at radius 1 is 1.05 bits per heavy atom. The maximum atomic E-state index is 14.1. The third kappa shape index (κ3) is 8.32. The van der Waals surface area contributed by atoms with Crippen molar-refractivity contribution in [2.75, 3.05) is 57.4 Å². The van der Waals surface area contributed by atoms with Crippen LogP contribution in [0.1, 0.15) is 67.3 Å². The van der Waals surface area contributed by atoms with E-state index in [1.807, 2.05) is 18.2 Å². The summed E-state index contributed by atoms with van der Waals surface area (Å²) < 4.78 is 41.8. The zero-order chi connectivity index (χ0) is 44.2. The lowest BCUT2D eigenvalue weighted by molar-refractivity contribution is -0.434. The van der Waals surface area contributed by atoms with Crippen molar-refractivity contribution < 1.29 is 32.4 Å². The molecule has 4 aromatic rings. The number of amides is 2. The number of sulfonamides is 1. The first-order valence-electron chi connectivity index (χ1n) is 22.1. The molecule has 1 saturated carbocycles. The van der Waals surface area contributed by atoms with E-state index < -0.39 is 37.6 Å². The highest BCUT2D eigenvalue weighted by Crippen LogP contribution is 2.55. The summed E-state index contributed by atoms with van der Waals surface area (Å²) in [7, 11) is -4.70. The highest BCUT2D eigenvalue weighted by molar-refractivity contribution is 7.94. The minimum Gasteiger partial charge on any atom is -0.455 e. The molecule has 10 rings (SSSR count). The van der Waals surface area contributed by atoms with Crippen molar-refractivity contribution in [3.8, 4) is 11.5 Å². The summed E-state index contributed by atoms with van der Waals surface area (Å²) >= 11 is 6.28. The van der Waals surface area contributed by atoms with Crippen molar-refractivity contribution >= 4 is 55.7 Å². The summed E-state index contributed by atoms with van der Waals surface area (Å²) in [5.41, 5.74) is 5.66. The predicted molar refractivity (Wildman–Crippen MR) is 242 cm³/mol. The van der Waals surface area contributed by atoms with Crippen molar-refractivity contribution in [2.24, 2.45) is 17.3 Å². The summed E-state index contributed by atoms with van der Waals surface area (Å²) in [4.78, 5) is 52.7. The van der Waals surface area contributed by atoms with Crippen LogP contribution >= 0.6 is 11.6 Å². The molecular weight excluding hydrogens is 858 g/mol. The number of hydrogen-bond donors (Lipinski definition) is 2. The molecule has 6 aliphatic rings. The Morgan fingerprint density at radius 2 is 1.83 bits per heavy atom. The van der Waals surface area contributed by atoms with Gasteiger partial charge in [0.25, 0.3) is 21.6 Å². The molecule has 3 aliphatic carbocycles. The number of nitrogens with one attached hydrogen (secondary N) is 2. The Morgan fingerprint density at radius 3 is 2.56 bits per heavy atom. The van der Waals surface area contributed by atoms with E-state index in [1.165, 1.54) is 60.7 Å². The highest BCUT2D eigenvalue weighted by Gasteiger charge is 2.50. The number of H-pyrrole nitrogens is 1. The number of anilines is 1. The molecule has 2 amide bonds. The van der Waals surface area contributed by atoms with Gasteiger partial charge >= 0.3 is 0 Å². The van der Waals surface area contributed by atoms with Gasteiger partial charge in [-0.3, -0.25) is 24.6 Å². The number of carbonyl (C=O) groups is 2. The Bertz CT molecular complexity index is 2710. The van der Waals surface area contributed by atoms with Crippen molar-refractivity contribution in [3.05, 3.63) is 122 Å². The molecule has 0 radical (unpaired) electrons. The molecule has 2 N–H and O–H groups in total. The second kappa shape index (κ2) is 17.1. The number of benzene rings is 2. The van der Waals surface area contributed by atoms with E-state index in [-0.39, 0.29) is 35.5 Å². The van der Waals surface area contributed by atoms with Gasteiger partial charge in [-0.25, -0.2) is 18.1 Å². The number of fused-ring (bicyclic) bond motifs is 2. The van der Waals surface area contributed by atoms with Gasteiger partial charge in [-0.2, -0.15) is 0 Å². The summed E-state index contributed by atoms with van der Waals surface area (Å²) in [5, 5.41) is 13.8. The van der Waals surface area contributed by atoms with E-state index in [2.05, 4.69) is 36.6 Å². The first kappa shape index (κ1) is 42.4. The number of nitrogens with zero attached hydrogens (tertiary/aromatic N) is 5. The van der Waals surface area contributed by atoms with Crippen LogP contribution in [0.15, 0.2) is 95.3 Å². The first-order chi connectivity index (χ1) is 30.9. The number of allylic oxidation sites excluding steroid dienone is 2. The smallest absolute Gasteiger partial charge is 0.268 e. The third-order valence-corrected chi connectivity index (χ3v) is 15.9. The Balaban J connectivity index is 0.883. The van der Waals surface area contributed by atoms with Crippen LogP contribution in [0.2, 0.25) is 5.02 Å². The fourth-order valence-corrected chi connectivity index (χ4v) is 11.7. The normalized spacial score (nSPS) is 22.9. The van der Waals surface area contributed by atoms with Crippen LogP contribution in [0.5, 0.6) is 11.5 Å². The molecule has 15 nitrogen and oxygen atoms in total. The van der Waals surface area contributed by atoms with E-state index in [1.54, 1.807) is 29.3 Å². The number of nitro groups is 1. The van der Waals surface area contributed by atoms with Crippen LogP contribution in [-0.4, -0.2) is 103 Å². The van der Waals surface area contributed by atoms with Crippen molar-refractivity contribution in [3.63, 3.8) is 0 Å². The summed E-state index contributed by atoms with van der Waals surface area (Å²) in [6.45, 7) is 5.01. The Labute approximate surface area is 376 Å². The average molecular weight is 908 g/mol. The summed E-state index contributed by atoms with van der Waals surface area (Å²) in [6, 6.07) is 16.8. The van der Waals surface area contributed by atoms with Gasteiger partial charge in [0.2, 0.25) is 5.91 Å². The lowest BCUT2D eigenvalue weighted by Gasteiger charge is -2.47. The van der Waals surface area contributed by atoms with Gasteiger partial charge < -0.3 is 24.3 Å². The second-order valence-electron chi connectivity index (χ2n) is 18.0. The quantitative estimate of drug-likeness (QED) is 0.114. The molecule has 64 heavy (non-hydrogen) atoms. The summed E-state index contributed by atoms with van der Waals surface area (Å²) in [6.07, 6.45) is 14.0. The molecule has 1 spiro atoms. The van der Waals surface area contributed by atoms with Gasteiger partial charge in [0.1, 0.15) is 17.1 Å². The van der Waals surface area contributed by atoms with Crippen LogP contribution in [0, 0.1) is 27.4 Å². The average Bonchev–Trinajstić information content (AvgIpc) is 3.90. The van der Waals surface area contributed by atoms with Crippen molar-refractivity contribution in [2.45, 2.75) is 57.4 Å². The molecule has 3 aliphatic heterocycles. The molecule has 2 aromatic carbocycles. The van der Waals surface area contributed by atoms with E-state index in [0.29, 0.717) is 42.9 Å². The van der Waals surface area contributed by atoms with Crippen molar-refractivity contribution in [1.82, 2.24) is 24.5 Å². The number of ether oxygens (including phenoxy) is 2. The first-order valence-corrected chi connectivity index (χ1v) is 24.0. The molecule has 5 heterocycles. The third-order valence-electron chi connectivity index (χ3n) is 14.3. The molecule has 2 unspecified atom stereocenters. The number of piperazine rings is 1. The fourth-order valence-electron chi connectivity index (χ4n) is 10.5. The fraction of sp³-hybridized carbons (Fsp3) is 0.426. The van der Waals surface area contributed by atoms with Crippen molar-refractivity contribution in [1.29, 1.82) is 0 Å². The number of pyridine rings is 1. The largest absolute Gasteiger partial charge is 0.455 e. The van der Waals surface area contributed by atoms with Crippen LogP contribution in [0.4, 0.5) is 5.69 Å². The van der Waals surface area contributed by atoms with Gasteiger partial charge in [0, 0.05) is 93.0 Å². The van der Waals surface area contributed by atoms with E-state index >= 15 is 0 Å². The maximum absolute atomic E-state index is 14.1. The van der Waals surface area contributed by atoms with Crippen LogP contribution < -0.4 is 14.4 Å². The summed E-state index contributed by atoms with van der Waals surface area (Å²) in [5.74, 6) is -2.82. The van der Waals surface area contributed by atoms with Crippen LogP contribution in [0.3, 0.4) is 0 Å². The minimum absolute atomic E-state index is 0.0706. The molecule has 17 heteroatoms. The topological polar surface area (TPSA) is 180 Å². The van der Waals surface area contributed by atoms with Crippen LogP contribution in [0.25, 0.3) is 16.6 Å². The minimum atomic E-state index is -4.70. The molecule has 334 valence electrons. The molecule has 2 atom stereocenters. The monoisotopic (exact) mass is 907 g/mol. The molecule has 4 fully saturated rings. The number of carbonyl (C=O) groups excluding carboxylic acids is 2. The molecule has 0 bridgehead atoms. The second-order valence-corrected chi connectivity index (χ2v) is 20.2. The van der Waals surface area contributed by atoms with E-state index in [9.17, 15) is 28.1 Å². The number of likely N-dealkylation sites (tertiary alicyclic amines) is 1. The zero-order valence-corrected chi connectivity index (χ0v) is 36.9. The Hall–Kier alpha value is -5.55. The number of halogens is 1. The molecule has 3 saturated heterocycles. The zero-order valence-electron chi connectivity index (χ0n) is 35.3. The Kier molecular flexibility index (Phi) is 11.3. The van der Waals surface area contributed by atoms with Gasteiger partial charge in [0.05, 0.1) is 33.4 Å².